The number of hydrogen-bond donors (Lipinski definition) is 2. The first-order valence-electron chi connectivity index (χ1n) is 6.69. The van der Waals surface area contributed by atoms with Gasteiger partial charge in [0, 0.05) is 24.8 Å². The minimum Gasteiger partial charge on any atom is -0.507 e. The Bertz CT molecular complexity index is 432. The van der Waals surface area contributed by atoms with Crippen molar-refractivity contribution in [3.8, 4) is 5.75 Å². The van der Waals surface area contributed by atoms with Gasteiger partial charge in [0.15, 0.2) is 0 Å². The summed E-state index contributed by atoms with van der Waals surface area (Å²) in [4.78, 5) is 14.3. The second-order valence-electron chi connectivity index (χ2n) is 5.77. The molecule has 1 aromatic carbocycles. The highest BCUT2D eigenvalue weighted by molar-refractivity contribution is 5.97. The van der Waals surface area contributed by atoms with Crippen molar-refractivity contribution < 1.29 is 9.90 Å². The van der Waals surface area contributed by atoms with Gasteiger partial charge in [0.25, 0.3) is 5.91 Å². The highest BCUT2D eigenvalue weighted by Crippen LogP contribution is 2.22. The largest absolute Gasteiger partial charge is 0.507 e. The van der Waals surface area contributed by atoms with Crippen LogP contribution in [-0.2, 0) is 0 Å². The van der Waals surface area contributed by atoms with Crippen molar-refractivity contribution in [2.75, 3.05) is 18.8 Å². The van der Waals surface area contributed by atoms with Gasteiger partial charge in [-0.3, -0.25) is 4.79 Å². The first kappa shape index (κ1) is 15.3. The SMILES string of the molecule is CC(C)CN(CC(C)C)C(=O)c1ccc(N)cc1O. The maximum atomic E-state index is 12.5. The van der Waals surface area contributed by atoms with Crippen LogP contribution in [0.2, 0.25) is 0 Å². The van der Waals surface area contributed by atoms with E-state index in [9.17, 15) is 9.90 Å². The van der Waals surface area contributed by atoms with E-state index in [1.165, 1.54) is 6.07 Å². The number of nitrogen functional groups attached to an aromatic ring is 1. The van der Waals surface area contributed by atoms with Crippen LogP contribution in [0.3, 0.4) is 0 Å². The number of carbonyl (C=O) groups excluding carboxylic acids is 1. The van der Waals surface area contributed by atoms with Crippen LogP contribution in [0.15, 0.2) is 18.2 Å². The molecule has 0 saturated carbocycles. The van der Waals surface area contributed by atoms with Crippen molar-refractivity contribution in [3.63, 3.8) is 0 Å². The first-order chi connectivity index (χ1) is 8.81. The lowest BCUT2D eigenvalue weighted by Crippen LogP contribution is -2.37. The van der Waals surface area contributed by atoms with E-state index >= 15 is 0 Å². The standard InChI is InChI=1S/C15H24N2O2/c1-10(2)8-17(9-11(3)4)15(19)13-6-5-12(16)7-14(13)18/h5-7,10-11,18H,8-9,16H2,1-4H3. The number of anilines is 1. The zero-order valence-electron chi connectivity index (χ0n) is 12.2. The van der Waals surface area contributed by atoms with Crippen molar-refractivity contribution in [2.45, 2.75) is 27.7 Å². The Labute approximate surface area is 115 Å². The maximum Gasteiger partial charge on any atom is 0.257 e. The molecule has 0 saturated heterocycles. The third-order valence-electron chi connectivity index (χ3n) is 2.71. The van der Waals surface area contributed by atoms with Gasteiger partial charge in [-0.05, 0) is 24.0 Å². The molecule has 0 aliphatic rings. The van der Waals surface area contributed by atoms with E-state index < -0.39 is 0 Å². The third-order valence-corrected chi connectivity index (χ3v) is 2.71. The van der Waals surface area contributed by atoms with Crippen LogP contribution in [0, 0.1) is 11.8 Å². The van der Waals surface area contributed by atoms with Gasteiger partial charge in [-0.1, -0.05) is 27.7 Å². The van der Waals surface area contributed by atoms with Crippen LogP contribution in [-0.4, -0.2) is 29.0 Å². The van der Waals surface area contributed by atoms with Gasteiger partial charge in [-0.15, -0.1) is 0 Å². The molecular weight excluding hydrogens is 240 g/mol. The van der Waals surface area contributed by atoms with Gasteiger partial charge in [-0.2, -0.15) is 0 Å². The summed E-state index contributed by atoms with van der Waals surface area (Å²) in [5.41, 5.74) is 6.35. The van der Waals surface area contributed by atoms with Crippen molar-refractivity contribution in [3.05, 3.63) is 23.8 Å². The third kappa shape index (κ3) is 4.47. The quantitative estimate of drug-likeness (QED) is 0.804. The van der Waals surface area contributed by atoms with Gasteiger partial charge in [-0.25, -0.2) is 0 Å². The molecule has 19 heavy (non-hydrogen) atoms. The smallest absolute Gasteiger partial charge is 0.257 e. The molecule has 0 aliphatic carbocycles. The van der Waals surface area contributed by atoms with E-state index in [4.69, 9.17) is 5.73 Å². The highest BCUT2D eigenvalue weighted by atomic mass is 16.3. The number of carbonyl (C=O) groups is 1. The molecule has 3 N–H and O–H groups in total. The summed E-state index contributed by atoms with van der Waals surface area (Å²) in [6, 6.07) is 4.63. The molecule has 4 heteroatoms. The van der Waals surface area contributed by atoms with Gasteiger partial charge < -0.3 is 15.7 Å². The average molecular weight is 264 g/mol. The molecular formula is C15H24N2O2. The Morgan fingerprint density at radius 1 is 1.21 bits per heavy atom. The fourth-order valence-corrected chi connectivity index (χ4v) is 2.02. The van der Waals surface area contributed by atoms with Crippen molar-refractivity contribution in [1.29, 1.82) is 0 Å². The summed E-state index contributed by atoms with van der Waals surface area (Å²) >= 11 is 0. The molecule has 0 unspecified atom stereocenters. The fraction of sp³-hybridized carbons (Fsp3) is 0.533. The molecule has 1 aromatic rings. The molecule has 0 radical (unpaired) electrons. The molecule has 1 rings (SSSR count). The number of benzene rings is 1. The van der Waals surface area contributed by atoms with Gasteiger partial charge in [0.05, 0.1) is 5.56 Å². The number of rotatable bonds is 5. The molecule has 106 valence electrons. The van der Waals surface area contributed by atoms with Crippen molar-refractivity contribution >= 4 is 11.6 Å². The maximum absolute atomic E-state index is 12.5. The number of aromatic hydroxyl groups is 1. The molecule has 4 nitrogen and oxygen atoms in total. The number of hydrogen-bond acceptors (Lipinski definition) is 3. The monoisotopic (exact) mass is 264 g/mol. The van der Waals surface area contributed by atoms with Crippen LogP contribution < -0.4 is 5.73 Å². The number of nitrogens with two attached hydrogens (primary N) is 1. The summed E-state index contributed by atoms with van der Waals surface area (Å²) < 4.78 is 0. The predicted molar refractivity (Wildman–Crippen MR) is 78.1 cm³/mol. The average Bonchev–Trinajstić information content (AvgIpc) is 2.26. The Morgan fingerprint density at radius 3 is 2.16 bits per heavy atom. The lowest BCUT2D eigenvalue weighted by atomic mass is 10.1. The molecule has 0 heterocycles. The van der Waals surface area contributed by atoms with Crippen LogP contribution in [0.5, 0.6) is 5.75 Å². The van der Waals surface area contributed by atoms with Crippen LogP contribution >= 0.6 is 0 Å². The van der Waals surface area contributed by atoms with Gasteiger partial charge in [0.1, 0.15) is 5.75 Å². The normalized spacial score (nSPS) is 11.1. The van der Waals surface area contributed by atoms with Crippen molar-refractivity contribution in [2.24, 2.45) is 11.8 Å². The Balaban J connectivity index is 2.97. The van der Waals surface area contributed by atoms with Gasteiger partial charge in [0.2, 0.25) is 0 Å². The number of amides is 1. The van der Waals surface area contributed by atoms with E-state index in [1.54, 1.807) is 17.0 Å². The molecule has 0 fully saturated rings. The van der Waals surface area contributed by atoms with Crippen LogP contribution in [0.1, 0.15) is 38.1 Å². The van der Waals surface area contributed by atoms with E-state index in [0.717, 1.165) is 0 Å². The predicted octanol–water partition coefficient (Wildman–Crippen LogP) is 2.73. The summed E-state index contributed by atoms with van der Waals surface area (Å²) in [6.07, 6.45) is 0. The van der Waals surface area contributed by atoms with Crippen molar-refractivity contribution in [1.82, 2.24) is 4.90 Å². The summed E-state index contributed by atoms with van der Waals surface area (Å²) in [7, 11) is 0. The number of nitrogens with zero attached hydrogens (tertiary/aromatic N) is 1. The highest BCUT2D eigenvalue weighted by Gasteiger charge is 2.20. The summed E-state index contributed by atoms with van der Waals surface area (Å²) in [5.74, 6) is 0.583. The summed E-state index contributed by atoms with van der Waals surface area (Å²) in [6.45, 7) is 9.65. The minimum atomic E-state index is -0.139. The molecule has 0 aromatic heterocycles. The van der Waals surface area contributed by atoms with E-state index in [1.807, 2.05) is 0 Å². The lowest BCUT2D eigenvalue weighted by molar-refractivity contribution is 0.0712. The minimum absolute atomic E-state index is 0.0532. The van der Waals surface area contributed by atoms with Crippen LogP contribution in [0.25, 0.3) is 0 Å². The second-order valence-corrected chi connectivity index (χ2v) is 5.77. The van der Waals surface area contributed by atoms with E-state index in [-0.39, 0.29) is 11.7 Å². The van der Waals surface area contributed by atoms with Crippen LogP contribution in [0.4, 0.5) is 5.69 Å². The molecule has 0 spiro atoms. The molecule has 0 atom stereocenters. The zero-order valence-corrected chi connectivity index (χ0v) is 12.2. The molecule has 0 bridgehead atoms. The second kappa shape index (κ2) is 6.45. The molecule has 1 amide bonds. The Morgan fingerprint density at radius 2 is 1.74 bits per heavy atom. The first-order valence-corrected chi connectivity index (χ1v) is 6.69. The van der Waals surface area contributed by atoms with Gasteiger partial charge >= 0.3 is 0 Å². The fourth-order valence-electron chi connectivity index (χ4n) is 2.02. The van der Waals surface area contributed by atoms with E-state index in [0.29, 0.717) is 36.2 Å². The lowest BCUT2D eigenvalue weighted by Gasteiger charge is -2.26. The topological polar surface area (TPSA) is 66.6 Å². The zero-order chi connectivity index (χ0) is 14.6. The molecule has 0 aliphatic heterocycles. The number of phenols is 1. The Kier molecular flexibility index (Phi) is 5.21. The van der Waals surface area contributed by atoms with E-state index in [2.05, 4.69) is 27.7 Å². The Hall–Kier alpha value is -1.71. The summed E-state index contributed by atoms with van der Waals surface area (Å²) in [5, 5.41) is 9.85. The number of phenolic OH excluding ortho intramolecular Hbond substituents is 1.